The van der Waals surface area contributed by atoms with E-state index in [2.05, 4.69) is 0 Å². The van der Waals surface area contributed by atoms with E-state index in [1.807, 2.05) is 6.07 Å². The number of rotatable bonds is 6. The summed E-state index contributed by atoms with van der Waals surface area (Å²) < 4.78 is 50.0. The molecule has 0 saturated carbocycles. The number of aliphatic hydroxyl groups is 1. The molecule has 0 radical (unpaired) electrons. The van der Waals surface area contributed by atoms with Crippen molar-refractivity contribution in [2.75, 3.05) is 19.7 Å². The lowest BCUT2D eigenvalue weighted by atomic mass is 10.2. The second-order valence-electron chi connectivity index (χ2n) is 4.07. The minimum Gasteiger partial charge on any atom is -0.395 e. The molecule has 0 spiro atoms. The van der Waals surface area contributed by atoms with Gasteiger partial charge in [-0.25, -0.2) is 17.2 Å². The Kier molecular flexibility index (Phi) is 5.56. The molecule has 1 rings (SSSR count). The van der Waals surface area contributed by atoms with Gasteiger partial charge in [-0.05, 0) is 30.7 Å². The Hall–Kier alpha value is -1.56. The van der Waals surface area contributed by atoms with E-state index in [4.69, 9.17) is 10.4 Å². The highest BCUT2D eigenvalue weighted by molar-refractivity contribution is 7.89. The Balaban J connectivity index is 3.23. The maximum Gasteiger partial charge on any atom is 0.252 e. The van der Waals surface area contributed by atoms with Gasteiger partial charge in [-0.1, -0.05) is 0 Å². The summed E-state index contributed by atoms with van der Waals surface area (Å²) in [5.74, 6) is 0. The first-order valence-electron chi connectivity index (χ1n) is 5.73. The second-order valence-corrected chi connectivity index (χ2v) is 5.98. The molecular weight excluding hydrogens is 290 g/mol. The summed E-state index contributed by atoms with van der Waals surface area (Å²) in [7, 11) is -4.13. The average Bonchev–Trinajstić information content (AvgIpc) is 2.37. The van der Waals surface area contributed by atoms with Gasteiger partial charge in [-0.15, -0.1) is 0 Å². The summed E-state index contributed by atoms with van der Waals surface area (Å²) in [6.45, 7) is -0.469. The summed E-state index contributed by atoms with van der Waals surface area (Å²) in [5, 5.41) is 17.5. The lowest BCUT2D eigenvalue weighted by Gasteiger charge is -2.21. The summed E-state index contributed by atoms with van der Waals surface area (Å²) in [6.07, 6.45) is -2.84. The third-order valence-electron chi connectivity index (χ3n) is 2.61. The molecule has 0 aromatic heterocycles. The summed E-state index contributed by atoms with van der Waals surface area (Å²) in [4.78, 5) is -0.148. The molecule has 0 amide bonds. The molecule has 0 aliphatic carbocycles. The fourth-order valence-corrected chi connectivity index (χ4v) is 3.34. The van der Waals surface area contributed by atoms with Gasteiger partial charge in [0.25, 0.3) is 6.43 Å². The SMILES string of the molecule is Cc1cc(C#N)ccc1S(=O)(=O)N(CCO)CC(F)F. The smallest absolute Gasteiger partial charge is 0.252 e. The van der Waals surface area contributed by atoms with Crippen molar-refractivity contribution in [3.8, 4) is 6.07 Å². The van der Waals surface area contributed by atoms with Gasteiger partial charge in [0, 0.05) is 6.54 Å². The van der Waals surface area contributed by atoms with Gasteiger partial charge >= 0.3 is 0 Å². The molecule has 1 aromatic carbocycles. The van der Waals surface area contributed by atoms with Crippen LogP contribution < -0.4 is 0 Å². The van der Waals surface area contributed by atoms with E-state index in [1.54, 1.807) is 0 Å². The van der Waals surface area contributed by atoms with Crippen molar-refractivity contribution in [3.63, 3.8) is 0 Å². The fourth-order valence-electron chi connectivity index (χ4n) is 1.72. The molecule has 5 nitrogen and oxygen atoms in total. The number of hydrogen-bond donors (Lipinski definition) is 1. The van der Waals surface area contributed by atoms with E-state index in [9.17, 15) is 17.2 Å². The van der Waals surface area contributed by atoms with E-state index >= 15 is 0 Å². The third-order valence-corrected chi connectivity index (χ3v) is 4.64. The highest BCUT2D eigenvalue weighted by atomic mass is 32.2. The van der Waals surface area contributed by atoms with Gasteiger partial charge in [0.05, 0.1) is 29.7 Å². The van der Waals surface area contributed by atoms with Crippen LogP contribution in [0.25, 0.3) is 0 Å². The zero-order valence-corrected chi connectivity index (χ0v) is 11.6. The van der Waals surface area contributed by atoms with Gasteiger partial charge in [0.2, 0.25) is 10.0 Å². The Labute approximate surface area is 116 Å². The van der Waals surface area contributed by atoms with Crippen LogP contribution in [0.5, 0.6) is 0 Å². The minimum atomic E-state index is -4.13. The van der Waals surface area contributed by atoms with Crippen LogP contribution in [0.3, 0.4) is 0 Å². The molecule has 0 heterocycles. The first kappa shape index (κ1) is 16.5. The number of hydrogen-bond acceptors (Lipinski definition) is 4. The van der Waals surface area contributed by atoms with E-state index in [0.29, 0.717) is 9.87 Å². The number of nitriles is 1. The standard InChI is InChI=1S/C12H14F2N2O3S/c1-9-6-10(7-15)2-3-11(9)20(18,19)16(4-5-17)8-12(13)14/h2-3,6,12,17H,4-5,8H2,1H3. The first-order valence-corrected chi connectivity index (χ1v) is 7.17. The molecule has 8 heteroatoms. The van der Waals surface area contributed by atoms with Crippen LogP contribution in [0.4, 0.5) is 8.78 Å². The molecule has 0 saturated heterocycles. The largest absolute Gasteiger partial charge is 0.395 e. The molecular formula is C12H14F2N2O3S. The van der Waals surface area contributed by atoms with Crippen LogP contribution in [0.1, 0.15) is 11.1 Å². The Morgan fingerprint density at radius 2 is 2.10 bits per heavy atom. The highest BCUT2D eigenvalue weighted by Crippen LogP contribution is 2.21. The molecule has 0 unspecified atom stereocenters. The number of aliphatic hydroxyl groups excluding tert-OH is 1. The van der Waals surface area contributed by atoms with E-state index < -0.39 is 36.1 Å². The molecule has 0 atom stereocenters. The van der Waals surface area contributed by atoms with Crippen LogP contribution in [0, 0.1) is 18.3 Å². The topological polar surface area (TPSA) is 81.4 Å². The Bertz CT molecular complexity index is 612. The van der Waals surface area contributed by atoms with Crippen LogP contribution >= 0.6 is 0 Å². The lowest BCUT2D eigenvalue weighted by molar-refractivity contribution is 0.113. The number of alkyl halides is 2. The van der Waals surface area contributed by atoms with Gasteiger partial charge < -0.3 is 5.11 Å². The van der Waals surface area contributed by atoms with E-state index in [0.717, 1.165) is 0 Å². The lowest BCUT2D eigenvalue weighted by Crippen LogP contribution is -2.37. The van der Waals surface area contributed by atoms with Crippen molar-refractivity contribution >= 4 is 10.0 Å². The van der Waals surface area contributed by atoms with Crippen molar-refractivity contribution in [3.05, 3.63) is 29.3 Å². The third kappa shape index (κ3) is 3.72. The van der Waals surface area contributed by atoms with Crippen molar-refractivity contribution in [2.45, 2.75) is 18.2 Å². The predicted octanol–water partition coefficient (Wildman–Crippen LogP) is 1.11. The van der Waals surface area contributed by atoms with E-state index in [1.165, 1.54) is 25.1 Å². The summed E-state index contributed by atoms with van der Waals surface area (Å²) in [6, 6.07) is 5.74. The maximum atomic E-state index is 12.4. The average molecular weight is 304 g/mol. The molecule has 110 valence electrons. The number of benzene rings is 1. The molecule has 1 aromatic rings. The van der Waals surface area contributed by atoms with Gasteiger partial charge in [-0.3, -0.25) is 0 Å². The molecule has 0 aliphatic heterocycles. The van der Waals surface area contributed by atoms with Crippen molar-refractivity contribution < 1.29 is 22.3 Å². The first-order chi connectivity index (χ1) is 9.32. The van der Waals surface area contributed by atoms with Gasteiger partial charge in [0.15, 0.2) is 0 Å². The van der Waals surface area contributed by atoms with Crippen molar-refractivity contribution in [2.24, 2.45) is 0 Å². The van der Waals surface area contributed by atoms with E-state index in [-0.39, 0.29) is 10.5 Å². The number of aryl methyl sites for hydroxylation is 1. The number of halogens is 2. The van der Waals surface area contributed by atoms with Crippen LogP contribution in [-0.4, -0.2) is 44.0 Å². The van der Waals surface area contributed by atoms with Crippen molar-refractivity contribution in [1.82, 2.24) is 4.31 Å². The number of sulfonamides is 1. The van der Waals surface area contributed by atoms with Crippen LogP contribution in [0.15, 0.2) is 23.1 Å². The zero-order chi connectivity index (χ0) is 15.3. The Morgan fingerprint density at radius 1 is 1.45 bits per heavy atom. The van der Waals surface area contributed by atoms with Gasteiger partial charge in [0.1, 0.15) is 0 Å². The molecule has 0 aliphatic rings. The van der Waals surface area contributed by atoms with Crippen LogP contribution in [-0.2, 0) is 10.0 Å². The van der Waals surface area contributed by atoms with Crippen molar-refractivity contribution in [1.29, 1.82) is 5.26 Å². The molecule has 1 N–H and O–H groups in total. The Morgan fingerprint density at radius 3 is 2.55 bits per heavy atom. The van der Waals surface area contributed by atoms with Crippen LogP contribution in [0.2, 0.25) is 0 Å². The minimum absolute atomic E-state index is 0.148. The second kappa shape index (κ2) is 6.74. The quantitative estimate of drug-likeness (QED) is 0.853. The molecule has 0 bridgehead atoms. The molecule has 20 heavy (non-hydrogen) atoms. The fraction of sp³-hybridized carbons (Fsp3) is 0.417. The zero-order valence-electron chi connectivity index (χ0n) is 10.8. The monoisotopic (exact) mass is 304 g/mol. The number of nitrogens with zero attached hydrogens (tertiary/aromatic N) is 2. The highest BCUT2D eigenvalue weighted by Gasteiger charge is 2.28. The summed E-state index contributed by atoms with van der Waals surface area (Å²) >= 11 is 0. The maximum absolute atomic E-state index is 12.4. The summed E-state index contributed by atoms with van der Waals surface area (Å²) in [5.41, 5.74) is 0.574. The normalized spacial score (nSPS) is 11.8. The van der Waals surface area contributed by atoms with Gasteiger partial charge in [-0.2, -0.15) is 9.57 Å². The predicted molar refractivity (Wildman–Crippen MR) is 67.7 cm³/mol. The molecule has 0 fully saturated rings.